The third-order valence-electron chi connectivity index (χ3n) is 4.99. The molecule has 1 aromatic heterocycles. The third kappa shape index (κ3) is 4.62. The molecule has 1 aliphatic heterocycles. The quantitative estimate of drug-likeness (QED) is 0.811. The first-order valence-corrected chi connectivity index (χ1v) is 9.04. The van der Waals surface area contributed by atoms with Crippen LogP contribution in [0.5, 0.6) is 5.75 Å². The molecule has 134 valence electrons. The van der Waals surface area contributed by atoms with Gasteiger partial charge >= 0.3 is 0 Å². The molecule has 5 nitrogen and oxygen atoms in total. The van der Waals surface area contributed by atoms with Gasteiger partial charge in [-0.15, -0.1) is 0 Å². The summed E-state index contributed by atoms with van der Waals surface area (Å²) in [6.45, 7) is 4.39. The Labute approximate surface area is 149 Å². The van der Waals surface area contributed by atoms with E-state index >= 15 is 0 Å². The van der Waals surface area contributed by atoms with Gasteiger partial charge in [0.15, 0.2) is 0 Å². The van der Waals surface area contributed by atoms with Crippen molar-refractivity contribution in [2.45, 2.75) is 39.2 Å². The largest absolute Gasteiger partial charge is 0.496 e. The minimum atomic E-state index is 0.240. The Morgan fingerprint density at radius 3 is 2.72 bits per heavy atom. The molecular weight excluding hydrogens is 314 g/mol. The maximum Gasteiger partial charge on any atom is 0.224 e. The van der Waals surface area contributed by atoms with Crippen molar-refractivity contribution in [3.63, 3.8) is 0 Å². The number of carbonyl (C=O) groups is 1. The standard InChI is InChI=1S/C20H27N3O2/c1-16-14-21-23(15-16)12-9-20(24)22-10-7-17(8-11-22)13-18-5-3-4-6-19(18)25-2/h3-6,14-15,17H,7-13H2,1-2H3. The molecule has 5 heteroatoms. The number of benzene rings is 1. The molecule has 1 aromatic carbocycles. The minimum absolute atomic E-state index is 0.240. The second-order valence-electron chi connectivity index (χ2n) is 6.87. The maximum atomic E-state index is 12.4. The Bertz CT molecular complexity index is 702. The van der Waals surface area contributed by atoms with Gasteiger partial charge in [-0.1, -0.05) is 18.2 Å². The van der Waals surface area contributed by atoms with Gasteiger partial charge in [0.2, 0.25) is 5.91 Å². The van der Waals surface area contributed by atoms with Gasteiger partial charge in [0.25, 0.3) is 0 Å². The summed E-state index contributed by atoms with van der Waals surface area (Å²) >= 11 is 0. The number of amides is 1. The summed E-state index contributed by atoms with van der Waals surface area (Å²) in [5, 5.41) is 4.24. The molecule has 0 bridgehead atoms. The summed E-state index contributed by atoms with van der Waals surface area (Å²) in [4.78, 5) is 14.4. The molecule has 2 aromatic rings. The highest BCUT2D eigenvalue weighted by Gasteiger charge is 2.23. The Kier molecular flexibility index (Phi) is 5.74. The number of methoxy groups -OCH3 is 1. The molecule has 1 saturated heterocycles. The Hall–Kier alpha value is -2.30. The summed E-state index contributed by atoms with van der Waals surface area (Å²) in [5.74, 6) is 1.83. The smallest absolute Gasteiger partial charge is 0.224 e. The predicted octanol–water partition coefficient (Wildman–Crippen LogP) is 3.07. The summed E-state index contributed by atoms with van der Waals surface area (Å²) in [7, 11) is 1.72. The van der Waals surface area contributed by atoms with Gasteiger partial charge in [-0.2, -0.15) is 5.10 Å². The van der Waals surface area contributed by atoms with Crippen LogP contribution in [-0.2, 0) is 17.8 Å². The average molecular weight is 341 g/mol. The number of piperidine rings is 1. The van der Waals surface area contributed by atoms with Gasteiger partial charge in [-0.05, 0) is 49.3 Å². The van der Waals surface area contributed by atoms with Crippen LogP contribution in [0.3, 0.4) is 0 Å². The van der Waals surface area contributed by atoms with E-state index in [1.54, 1.807) is 7.11 Å². The van der Waals surface area contributed by atoms with Gasteiger partial charge in [0.1, 0.15) is 5.75 Å². The minimum Gasteiger partial charge on any atom is -0.496 e. The highest BCUT2D eigenvalue weighted by Crippen LogP contribution is 2.26. The fraction of sp³-hybridized carbons (Fsp3) is 0.500. The maximum absolute atomic E-state index is 12.4. The van der Waals surface area contributed by atoms with Crippen LogP contribution in [0, 0.1) is 12.8 Å². The molecule has 0 spiro atoms. The van der Waals surface area contributed by atoms with Crippen LogP contribution in [0.2, 0.25) is 0 Å². The third-order valence-corrected chi connectivity index (χ3v) is 4.99. The van der Waals surface area contributed by atoms with Gasteiger partial charge in [0.05, 0.1) is 13.3 Å². The van der Waals surface area contributed by atoms with Gasteiger partial charge in [-0.3, -0.25) is 9.48 Å². The molecule has 0 N–H and O–H groups in total. The number of carbonyl (C=O) groups excluding carboxylic acids is 1. The van der Waals surface area contributed by atoms with E-state index in [1.807, 2.05) is 41.0 Å². The van der Waals surface area contributed by atoms with E-state index in [1.165, 1.54) is 5.56 Å². The lowest BCUT2D eigenvalue weighted by atomic mass is 9.89. The SMILES string of the molecule is COc1ccccc1CC1CCN(C(=O)CCn2cc(C)cn2)CC1. The molecule has 0 saturated carbocycles. The van der Waals surface area contributed by atoms with Crippen molar-refractivity contribution < 1.29 is 9.53 Å². The van der Waals surface area contributed by atoms with Crippen molar-refractivity contribution in [2.24, 2.45) is 5.92 Å². The summed E-state index contributed by atoms with van der Waals surface area (Å²) in [5.41, 5.74) is 2.40. The fourth-order valence-electron chi connectivity index (χ4n) is 3.53. The number of rotatable bonds is 6. The monoisotopic (exact) mass is 341 g/mol. The van der Waals surface area contributed by atoms with E-state index < -0.39 is 0 Å². The van der Waals surface area contributed by atoms with Crippen LogP contribution < -0.4 is 4.74 Å². The number of hydrogen-bond acceptors (Lipinski definition) is 3. The van der Waals surface area contributed by atoms with Crippen molar-refractivity contribution in [3.8, 4) is 5.75 Å². The van der Waals surface area contributed by atoms with E-state index in [0.29, 0.717) is 18.9 Å². The fourth-order valence-corrected chi connectivity index (χ4v) is 3.53. The molecular formula is C20H27N3O2. The number of nitrogens with zero attached hydrogens (tertiary/aromatic N) is 3. The number of aromatic nitrogens is 2. The van der Waals surface area contributed by atoms with Crippen LogP contribution in [0.15, 0.2) is 36.7 Å². The van der Waals surface area contributed by atoms with Crippen LogP contribution in [0.4, 0.5) is 0 Å². The molecule has 0 radical (unpaired) electrons. The van der Waals surface area contributed by atoms with Crippen molar-refractivity contribution in [3.05, 3.63) is 47.8 Å². The van der Waals surface area contributed by atoms with E-state index in [2.05, 4.69) is 17.2 Å². The highest BCUT2D eigenvalue weighted by molar-refractivity contribution is 5.76. The van der Waals surface area contributed by atoms with Gasteiger partial charge in [-0.25, -0.2) is 0 Å². The predicted molar refractivity (Wildman–Crippen MR) is 97.6 cm³/mol. The van der Waals surface area contributed by atoms with Crippen molar-refractivity contribution in [1.29, 1.82) is 0 Å². The van der Waals surface area contributed by atoms with Crippen molar-refractivity contribution in [2.75, 3.05) is 20.2 Å². The van der Waals surface area contributed by atoms with E-state index in [0.717, 1.165) is 43.7 Å². The van der Waals surface area contributed by atoms with Crippen LogP contribution >= 0.6 is 0 Å². The topological polar surface area (TPSA) is 47.4 Å². The number of aryl methyl sites for hydroxylation is 2. The first-order valence-electron chi connectivity index (χ1n) is 9.04. The summed E-state index contributed by atoms with van der Waals surface area (Å²) < 4.78 is 7.30. The van der Waals surface area contributed by atoms with E-state index in [9.17, 15) is 4.79 Å². The van der Waals surface area contributed by atoms with Crippen LogP contribution in [0.1, 0.15) is 30.4 Å². The zero-order valence-electron chi connectivity index (χ0n) is 15.1. The second kappa shape index (κ2) is 8.19. The molecule has 1 amide bonds. The molecule has 0 aliphatic carbocycles. The van der Waals surface area contributed by atoms with Gasteiger partial charge in [0, 0.05) is 32.3 Å². The first kappa shape index (κ1) is 17.5. The molecule has 0 atom stereocenters. The van der Waals surface area contributed by atoms with Crippen LogP contribution in [0.25, 0.3) is 0 Å². The zero-order chi connectivity index (χ0) is 17.6. The molecule has 3 rings (SSSR count). The molecule has 0 unspecified atom stereocenters. The van der Waals surface area contributed by atoms with E-state index in [-0.39, 0.29) is 5.91 Å². The number of hydrogen-bond donors (Lipinski definition) is 0. The molecule has 1 fully saturated rings. The average Bonchev–Trinajstić information content (AvgIpc) is 3.06. The molecule has 1 aliphatic rings. The number of para-hydroxylation sites is 1. The lowest BCUT2D eigenvalue weighted by Crippen LogP contribution is -2.39. The van der Waals surface area contributed by atoms with E-state index in [4.69, 9.17) is 4.74 Å². The van der Waals surface area contributed by atoms with Crippen molar-refractivity contribution >= 4 is 5.91 Å². The number of likely N-dealkylation sites (tertiary alicyclic amines) is 1. The molecule has 2 heterocycles. The van der Waals surface area contributed by atoms with Crippen molar-refractivity contribution in [1.82, 2.24) is 14.7 Å². The highest BCUT2D eigenvalue weighted by atomic mass is 16.5. The Morgan fingerprint density at radius 2 is 2.04 bits per heavy atom. The Morgan fingerprint density at radius 1 is 1.28 bits per heavy atom. The normalized spacial score (nSPS) is 15.4. The number of ether oxygens (including phenoxy) is 1. The summed E-state index contributed by atoms with van der Waals surface area (Å²) in [6, 6.07) is 8.23. The zero-order valence-corrected chi connectivity index (χ0v) is 15.1. The summed E-state index contributed by atoms with van der Waals surface area (Å²) in [6.07, 6.45) is 7.48. The molecule has 25 heavy (non-hydrogen) atoms. The van der Waals surface area contributed by atoms with Gasteiger partial charge < -0.3 is 9.64 Å². The lowest BCUT2D eigenvalue weighted by Gasteiger charge is -2.32. The van der Waals surface area contributed by atoms with Crippen LogP contribution in [-0.4, -0.2) is 40.8 Å². The Balaban J connectivity index is 1.45. The first-order chi connectivity index (χ1) is 12.2. The second-order valence-corrected chi connectivity index (χ2v) is 6.87. The lowest BCUT2D eigenvalue weighted by molar-refractivity contribution is -0.132.